The molecule has 0 bridgehead atoms. The van der Waals surface area contributed by atoms with Gasteiger partial charge in [-0.15, -0.1) is 0 Å². The van der Waals surface area contributed by atoms with Gasteiger partial charge in [-0.3, -0.25) is 4.79 Å². The standard InChI is InChI=1S/C11H13N3O/c1-11(2,12)7-3-4-8-9(5-7)13-6-10(15)14-8/h3-6H,12H2,1-2H3,(H,14,15). The molecule has 2 rings (SSSR count). The fraction of sp³-hybridized carbons (Fsp3) is 0.273. The first-order chi connectivity index (χ1) is 6.97. The zero-order chi connectivity index (χ0) is 11.1. The number of hydrogen-bond acceptors (Lipinski definition) is 3. The number of fused-ring (bicyclic) bond motifs is 1. The highest BCUT2D eigenvalue weighted by molar-refractivity contribution is 5.74. The maximum atomic E-state index is 11.0. The van der Waals surface area contributed by atoms with E-state index in [0.717, 1.165) is 16.6 Å². The molecule has 4 nitrogen and oxygen atoms in total. The molecular formula is C11H13N3O. The Hall–Kier alpha value is -1.68. The molecule has 1 aromatic heterocycles. The van der Waals surface area contributed by atoms with Crippen LogP contribution in [-0.2, 0) is 5.54 Å². The van der Waals surface area contributed by atoms with Gasteiger partial charge in [0, 0.05) is 5.54 Å². The van der Waals surface area contributed by atoms with E-state index in [1.165, 1.54) is 6.20 Å². The van der Waals surface area contributed by atoms with E-state index in [9.17, 15) is 4.79 Å². The van der Waals surface area contributed by atoms with E-state index < -0.39 is 5.54 Å². The van der Waals surface area contributed by atoms with Crippen LogP contribution in [0.1, 0.15) is 19.4 Å². The Labute approximate surface area is 87.1 Å². The smallest absolute Gasteiger partial charge is 0.266 e. The summed E-state index contributed by atoms with van der Waals surface area (Å²) in [5.41, 5.74) is 7.87. The number of aromatic nitrogens is 2. The van der Waals surface area contributed by atoms with Crippen LogP contribution in [0, 0.1) is 0 Å². The fourth-order valence-corrected chi connectivity index (χ4v) is 1.44. The fourth-order valence-electron chi connectivity index (χ4n) is 1.44. The van der Waals surface area contributed by atoms with Crippen LogP contribution in [0.2, 0.25) is 0 Å². The number of rotatable bonds is 1. The molecule has 0 aliphatic heterocycles. The number of hydrogen-bond donors (Lipinski definition) is 2. The average molecular weight is 203 g/mol. The van der Waals surface area contributed by atoms with Gasteiger partial charge in [0.2, 0.25) is 0 Å². The van der Waals surface area contributed by atoms with Crippen LogP contribution in [0.3, 0.4) is 0 Å². The van der Waals surface area contributed by atoms with Crippen LogP contribution >= 0.6 is 0 Å². The van der Waals surface area contributed by atoms with E-state index in [0.29, 0.717) is 0 Å². The van der Waals surface area contributed by atoms with E-state index >= 15 is 0 Å². The van der Waals surface area contributed by atoms with Gasteiger partial charge < -0.3 is 10.7 Å². The summed E-state index contributed by atoms with van der Waals surface area (Å²) < 4.78 is 0. The molecular weight excluding hydrogens is 190 g/mol. The Morgan fingerprint density at radius 1 is 1.40 bits per heavy atom. The van der Waals surface area contributed by atoms with Gasteiger partial charge in [0.15, 0.2) is 0 Å². The maximum Gasteiger partial charge on any atom is 0.266 e. The van der Waals surface area contributed by atoms with E-state index in [1.807, 2.05) is 32.0 Å². The van der Waals surface area contributed by atoms with Crippen LogP contribution in [-0.4, -0.2) is 9.97 Å². The second-order valence-corrected chi connectivity index (χ2v) is 4.20. The van der Waals surface area contributed by atoms with E-state index in [-0.39, 0.29) is 5.56 Å². The van der Waals surface area contributed by atoms with E-state index in [2.05, 4.69) is 9.97 Å². The second kappa shape index (κ2) is 3.17. The van der Waals surface area contributed by atoms with Crippen LogP contribution in [0.25, 0.3) is 11.0 Å². The minimum Gasteiger partial charge on any atom is -0.322 e. The molecule has 15 heavy (non-hydrogen) atoms. The third-order valence-corrected chi connectivity index (χ3v) is 2.32. The molecule has 0 saturated carbocycles. The van der Waals surface area contributed by atoms with E-state index in [4.69, 9.17) is 5.73 Å². The average Bonchev–Trinajstić information content (AvgIpc) is 2.15. The molecule has 0 amide bonds. The molecule has 4 heteroatoms. The van der Waals surface area contributed by atoms with Gasteiger partial charge in [-0.2, -0.15) is 0 Å². The number of benzene rings is 1. The van der Waals surface area contributed by atoms with Gasteiger partial charge in [0.25, 0.3) is 5.56 Å². The largest absolute Gasteiger partial charge is 0.322 e. The zero-order valence-corrected chi connectivity index (χ0v) is 8.74. The molecule has 78 valence electrons. The van der Waals surface area contributed by atoms with Crippen molar-refractivity contribution in [3.8, 4) is 0 Å². The highest BCUT2D eigenvalue weighted by Gasteiger charge is 2.14. The summed E-state index contributed by atoms with van der Waals surface area (Å²) in [6, 6.07) is 5.62. The normalized spacial score (nSPS) is 11.9. The number of nitrogens with two attached hydrogens (primary N) is 1. The summed E-state index contributed by atoms with van der Waals surface area (Å²) in [5, 5.41) is 0. The third-order valence-electron chi connectivity index (χ3n) is 2.32. The second-order valence-electron chi connectivity index (χ2n) is 4.20. The molecule has 2 aromatic rings. The lowest BCUT2D eigenvalue weighted by Crippen LogP contribution is -2.28. The lowest BCUT2D eigenvalue weighted by atomic mass is 9.95. The topological polar surface area (TPSA) is 71.8 Å². The number of nitrogens with one attached hydrogen (secondary N) is 1. The summed E-state index contributed by atoms with van der Waals surface area (Å²) in [6.07, 6.45) is 1.27. The van der Waals surface area contributed by atoms with Crippen molar-refractivity contribution in [3.05, 3.63) is 40.3 Å². The van der Waals surface area contributed by atoms with Crippen LogP contribution < -0.4 is 11.3 Å². The van der Waals surface area contributed by atoms with Crippen molar-refractivity contribution in [3.63, 3.8) is 0 Å². The summed E-state index contributed by atoms with van der Waals surface area (Å²) in [6.45, 7) is 3.86. The lowest BCUT2D eigenvalue weighted by Gasteiger charge is -2.19. The third kappa shape index (κ3) is 1.89. The minimum atomic E-state index is -0.397. The Morgan fingerprint density at radius 2 is 2.13 bits per heavy atom. The van der Waals surface area contributed by atoms with Gasteiger partial charge in [-0.05, 0) is 31.5 Å². The summed E-state index contributed by atoms with van der Waals surface area (Å²) in [5.74, 6) is 0. The Morgan fingerprint density at radius 3 is 2.80 bits per heavy atom. The first-order valence-corrected chi connectivity index (χ1v) is 4.75. The molecule has 3 N–H and O–H groups in total. The summed E-state index contributed by atoms with van der Waals surface area (Å²) in [4.78, 5) is 17.8. The quantitative estimate of drug-likeness (QED) is 0.729. The monoisotopic (exact) mass is 203 g/mol. The molecule has 0 aliphatic rings. The lowest BCUT2D eigenvalue weighted by molar-refractivity contribution is 0.555. The van der Waals surface area contributed by atoms with Gasteiger partial charge in [0.1, 0.15) is 0 Å². The molecule has 0 spiro atoms. The SMILES string of the molecule is CC(C)(N)c1ccc2[nH]c(=O)cnc2c1. The van der Waals surface area contributed by atoms with Crippen molar-refractivity contribution in [2.24, 2.45) is 5.73 Å². The predicted octanol–water partition coefficient (Wildman–Crippen LogP) is 1.12. The maximum absolute atomic E-state index is 11.0. The molecule has 0 aliphatic carbocycles. The number of H-pyrrole nitrogens is 1. The van der Waals surface area contributed by atoms with Crippen LogP contribution in [0.5, 0.6) is 0 Å². The van der Waals surface area contributed by atoms with Gasteiger partial charge in [-0.1, -0.05) is 6.07 Å². The Bertz CT molecular complexity index is 551. The van der Waals surface area contributed by atoms with Crippen LogP contribution in [0.15, 0.2) is 29.2 Å². The summed E-state index contributed by atoms with van der Waals surface area (Å²) >= 11 is 0. The molecule has 0 radical (unpaired) electrons. The highest BCUT2D eigenvalue weighted by atomic mass is 16.1. The van der Waals surface area contributed by atoms with Gasteiger partial charge in [0.05, 0.1) is 17.2 Å². The Kier molecular flexibility index (Phi) is 2.08. The molecule has 1 aromatic carbocycles. The van der Waals surface area contributed by atoms with Gasteiger partial charge in [-0.25, -0.2) is 4.98 Å². The van der Waals surface area contributed by atoms with Crippen molar-refractivity contribution in [2.45, 2.75) is 19.4 Å². The zero-order valence-electron chi connectivity index (χ0n) is 8.74. The Balaban J connectivity index is 2.67. The van der Waals surface area contributed by atoms with E-state index in [1.54, 1.807) is 0 Å². The molecule has 0 fully saturated rings. The summed E-state index contributed by atoms with van der Waals surface area (Å²) in [7, 11) is 0. The highest BCUT2D eigenvalue weighted by Crippen LogP contribution is 2.19. The minimum absolute atomic E-state index is 0.192. The van der Waals surface area contributed by atoms with Crippen molar-refractivity contribution >= 4 is 11.0 Å². The number of nitrogens with zero attached hydrogens (tertiary/aromatic N) is 1. The first kappa shape index (κ1) is 9.86. The molecule has 1 heterocycles. The molecule has 0 atom stereocenters. The van der Waals surface area contributed by atoms with Crippen molar-refractivity contribution in [2.75, 3.05) is 0 Å². The van der Waals surface area contributed by atoms with Crippen LogP contribution in [0.4, 0.5) is 0 Å². The van der Waals surface area contributed by atoms with Crippen molar-refractivity contribution in [1.29, 1.82) is 0 Å². The molecule has 0 saturated heterocycles. The number of aromatic amines is 1. The molecule has 0 unspecified atom stereocenters. The van der Waals surface area contributed by atoms with Crippen molar-refractivity contribution < 1.29 is 0 Å². The van der Waals surface area contributed by atoms with Gasteiger partial charge >= 0.3 is 0 Å². The first-order valence-electron chi connectivity index (χ1n) is 4.75. The van der Waals surface area contributed by atoms with Crippen molar-refractivity contribution in [1.82, 2.24) is 9.97 Å². The predicted molar refractivity (Wildman–Crippen MR) is 59.6 cm³/mol.